The third-order valence-electron chi connectivity index (χ3n) is 3.24. The first-order valence-corrected chi connectivity index (χ1v) is 6.33. The highest BCUT2D eigenvalue weighted by Crippen LogP contribution is 2.08. The predicted octanol–water partition coefficient (Wildman–Crippen LogP) is 1.52. The molecular formula is C12H25N3O. The minimum atomic E-state index is 0.0861. The zero-order valence-corrected chi connectivity index (χ0v) is 10.8. The SMILES string of the molecule is CCCCN(C)C(=O)NC1CCN(C)CC1. The number of hydrogen-bond acceptors (Lipinski definition) is 2. The van der Waals surface area contributed by atoms with Gasteiger partial charge in [-0.25, -0.2) is 4.79 Å². The van der Waals surface area contributed by atoms with Crippen LogP contribution in [0.15, 0.2) is 0 Å². The van der Waals surface area contributed by atoms with E-state index in [1.807, 2.05) is 7.05 Å². The van der Waals surface area contributed by atoms with Crippen molar-refractivity contribution >= 4 is 6.03 Å². The molecule has 0 aromatic carbocycles. The van der Waals surface area contributed by atoms with Gasteiger partial charge in [-0.15, -0.1) is 0 Å². The fourth-order valence-electron chi connectivity index (χ4n) is 1.93. The Morgan fingerprint density at radius 2 is 2.06 bits per heavy atom. The molecule has 0 saturated carbocycles. The first-order valence-electron chi connectivity index (χ1n) is 6.33. The second-order valence-corrected chi connectivity index (χ2v) is 4.80. The van der Waals surface area contributed by atoms with Crippen LogP contribution in [0, 0.1) is 0 Å². The van der Waals surface area contributed by atoms with Crippen LogP contribution in [0.5, 0.6) is 0 Å². The van der Waals surface area contributed by atoms with Gasteiger partial charge in [0.25, 0.3) is 0 Å². The molecule has 16 heavy (non-hydrogen) atoms. The number of nitrogens with zero attached hydrogens (tertiary/aromatic N) is 2. The van der Waals surface area contributed by atoms with Crippen molar-refractivity contribution < 1.29 is 4.79 Å². The van der Waals surface area contributed by atoms with Crippen LogP contribution < -0.4 is 5.32 Å². The van der Waals surface area contributed by atoms with Gasteiger partial charge < -0.3 is 15.1 Å². The van der Waals surface area contributed by atoms with E-state index in [4.69, 9.17) is 0 Å². The van der Waals surface area contributed by atoms with Gasteiger partial charge in [-0.3, -0.25) is 0 Å². The van der Waals surface area contributed by atoms with Crippen LogP contribution in [0.3, 0.4) is 0 Å². The molecule has 4 nitrogen and oxygen atoms in total. The molecule has 0 atom stereocenters. The van der Waals surface area contributed by atoms with Gasteiger partial charge in [0.15, 0.2) is 0 Å². The molecule has 1 aliphatic heterocycles. The Kier molecular flexibility index (Phi) is 5.60. The molecule has 4 heteroatoms. The minimum absolute atomic E-state index is 0.0861. The van der Waals surface area contributed by atoms with Crippen LogP contribution in [0.4, 0.5) is 4.79 Å². The van der Waals surface area contributed by atoms with Gasteiger partial charge in [-0.2, -0.15) is 0 Å². The normalized spacial score (nSPS) is 18.4. The molecule has 0 unspecified atom stereocenters. The van der Waals surface area contributed by atoms with Gasteiger partial charge in [-0.05, 0) is 39.4 Å². The third-order valence-corrected chi connectivity index (χ3v) is 3.24. The maximum atomic E-state index is 11.8. The van der Waals surface area contributed by atoms with E-state index in [-0.39, 0.29) is 6.03 Å². The van der Waals surface area contributed by atoms with Gasteiger partial charge in [-0.1, -0.05) is 13.3 Å². The number of urea groups is 1. The first-order chi connectivity index (χ1) is 7.63. The summed E-state index contributed by atoms with van der Waals surface area (Å²) in [4.78, 5) is 15.9. The van der Waals surface area contributed by atoms with Crippen molar-refractivity contribution in [2.45, 2.75) is 38.6 Å². The summed E-state index contributed by atoms with van der Waals surface area (Å²) in [6.45, 7) is 5.17. The molecule has 1 saturated heterocycles. The number of carbonyl (C=O) groups is 1. The van der Waals surface area contributed by atoms with Gasteiger partial charge in [0.1, 0.15) is 0 Å². The molecule has 0 aliphatic carbocycles. The summed E-state index contributed by atoms with van der Waals surface area (Å²) >= 11 is 0. The van der Waals surface area contributed by atoms with Crippen LogP contribution in [-0.4, -0.2) is 55.6 Å². The zero-order chi connectivity index (χ0) is 12.0. The number of piperidine rings is 1. The molecule has 0 radical (unpaired) electrons. The van der Waals surface area contributed by atoms with Crippen LogP contribution in [-0.2, 0) is 0 Å². The highest BCUT2D eigenvalue weighted by Gasteiger charge is 2.19. The van der Waals surface area contributed by atoms with Crippen LogP contribution >= 0.6 is 0 Å². The second kappa shape index (κ2) is 6.74. The van der Waals surface area contributed by atoms with Crippen molar-refractivity contribution in [2.24, 2.45) is 0 Å². The monoisotopic (exact) mass is 227 g/mol. The Balaban J connectivity index is 2.22. The van der Waals surface area contributed by atoms with Crippen LogP contribution in [0.1, 0.15) is 32.6 Å². The summed E-state index contributed by atoms with van der Waals surface area (Å²) in [7, 11) is 4.01. The summed E-state index contributed by atoms with van der Waals surface area (Å²) in [6, 6.07) is 0.454. The van der Waals surface area contributed by atoms with Gasteiger partial charge in [0.2, 0.25) is 0 Å². The molecule has 0 spiro atoms. The lowest BCUT2D eigenvalue weighted by Crippen LogP contribution is -2.47. The van der Waals surface area contributed by atoms with Crippen molar-refractivity contribution in [2.75, 3.05) is 33.7 Å². The number of carbonyl (C=O) groups excluding carboxylic acids is 1. The van der Waals surface area contributed by atoms with Crippen molar-refractivity contribution in [3.8, 4) is 0 Å². The van der Waals surface area contributed by atoms with E-state index >= 15 is 0 Å². The number of nitrogens with one attached hydrogen (secondary N) is 1. The highest BCUT2D eigenvalue weighted by atomic mass is 16.2. The Hall–Kier alpha value is -0.770. The fraction of sp³-hybridized carbons (Fsp3) is 0.917. The zero-order valence-electron chi connectivity index (χ0n) is 10.8. The van der Waals surface area contributed by atoms with Crippen LogP contribution in [0.2, 0.25) is 0 Å². The summed E-state index contributed by atoms with van der Waals surface area (Å²) in [5.41, 5.74) is 0. The number of rotatable bonds is 4. The number of unbranched alkanes of at least 4 members (excludes halogenated alkanes) is 1. The lowest BCUT2D eigenvalue weighted by molar-refractivity contribution is 0.189. The molecule has 1 aliphatic rings. The fourth-order valence-corrected chi connectivity index (χ4v) is 1.93. The second-order valence-electron chi connectivity index (χ2n) is 4.80. The van der Waals surface area contributed by atoms with Crippen molar-refractivity contribution in [3.05, 3.63) is 0 Å². The molecule has 1 rings (SSSR count). The average Bonchev–Trinajstić information content (AvgIpc) is 2.29. The average molecular weight is 227 g/mol. The third kappa shape index (κ3) is 4.39. The summed E-state index contributed by atoms with van der Waals surface area (Å²) < 4.78 is 0. The molecule has 2 amide bonds. The molecule has 94 valence electrons. The number of hydrogen-bond donors (Lipinski definition) is 1. The summed E-state index contributed by atoms with van der Waals surface area (Å²) in [6.07, 6.45) is 4.36. The van der Waals surface area contributed by atoms with E-state index in [1.165, 1.54) is 0 Å². The van der Waals surface area contributed by atoms with E-state index in [2.05, 4.69) is 24.2 Å². The lowest BCUT2D eigenvalue weighted by atomic mass is 10.1. The van der Waals surface area contributed by atoms with E-state index < -0.39 is 0 Å². The van der Waals surface area contributed by atoms with Crippen molar-refractivity contribution in [1.82, 2.24) is 15.1 Å². The topological polar surface area (TPSA) is 35.6 Å². The summed E-state index contributed by atoms with van der Waals surface area (Å²) in [5, 5.41) is 3.11. The number of amides is 2. The molecular weight excluding hydrogens is 202 g/mol. The molecule has 1 fully saturated rings. The van der Waals surface area contributed by atoms with Gasteiger partial charge in [0.05, 0.1) is 0 Å². The Bertz CT molecular complexity index is 212. The predicted molar refractivity (Wildman–Crippen MR) is 66.6 cm³/mol. The Labute approximate surface area is 99.0 Å². The Morgan fingerprint density at radius 1 is 1.44 bits per heavy atom. The molecule has 1 N–H and O–H groups in total. The summed E-state index contributed by atoms with van der Waals surface area (Å²) in [5.74, 6) is 0. The quantitative estimate of drug-likeness (QED) is 0.790. The van der Waals surface area contributed by atoms with Crippen molar-refractivity contribution in [1.29, 1.82) is 0 Å². The van der Waals surface area contributed by atoms with Gasteiger partial charge >= 0.3 is 6.03 Å². The van der Waals surface area contributed by atoms with Gasteiger partial charge in [0, 0.05) is 19.6 Å². The Morgan fingerprint density at radius 3 is 2.62 bits per heavy atom. The largest absolute Gasteiger partial charge is 0.335 e. The standard InChI is InChI=1S/C12H25N3O/c1-4-5-8-15(3)12(16)13-11-6-9-14(2)10-7-11/h11H,4-10H2,1-3H3,(H,13,16). The molecule has 0 bridgehead atoms. The maximum absolute atomic E-state index is 11.8. The molecule has 0 aromatic rings. The highest BCUT2D eigenvalue weighted by molar-refractivity contribution is 5.74. The van der Waals surface area contributed by atoms with E-state index in [9.17, 15) is 4.79 Å². The maximum Gasteiger partial charge on any atom is 0.317 e. The first kappa shape index (κ1) is 13.3. The number of likely N-dealkylation sites (tertiary alicyclic amines) is 1. The van der Waals surface area contributed by atoms with E-state index in [0.717, 1.165) is 45.3 Å². The molecule has 1 heterocycles. The lowest BCUT2D eigenvalue weighted by Gasteiger charge is -2.30. The van der Waals surface area contributed by atoms with E-state index in [1.54, 1.807) is 4.90 Å². The van der Waals surface area contributed by atoms with Crippen LogP contribution in [0.25, 0.3) is 0 Å². The van der Waals surface area contributed by atoms with E-state index in [0.29, 0.717) is 6.04 Å². The minimum Gasteiger partial charge on any atom is -0.335 e. The van der Waals surface area contributed by atoms with Crippen molar-refractivity contribution in [3.63, 3.8) is 0 Å². The smallest absolute Gasteiger partial charge is 0.317 e. The molecule has 0 aromatic heterocycles.